The zero-order chi connectivity index (χ0) is 12.4. The van der Waals surface area contributed by atoms with Crippen LogP contribution in [-0.2, 0) is 4.79 Å². The summed E-state index contributed by atoms with van der Waals surface area (Å²) in [6.45, 7) is 8.68. The van der Waals surface area contributed by atoms with E-state index in [4.69, 9.17) is 0 Å². The van der Waals surface area contributed by atoms with Crippen molar-refractivity contribution in [3.8, 4) is 0 Å². The number of likely N-dealkylation sites (tertiary alicyclic amines) is 1. The van der Waals surface area contributed by atoms with Gasteiger partial charge in [0.25, 0.3) is 0 Å². The Morgan fingerprint density at radius 2 is 2.06 bits per heavy atom. The van der Waals surface area contributed by atoms with Crippen molar-refractivity contribution in [3.05, 3.63) is 0 Å². The Bertz CT molecular complexity index is 271. The van der Waals surface area contributed by atoms with E-state index in [-0.39, 0.29) is 0 Å². The topological polar surface area (TPSA) is 32.3 Å². The molecule has 0 aromatic carbocycles. The number of rotatable bonds is 5. The molecular formula is C14H26N2O. The van der Waals surface area contributed by atoms with Gasteiger partial charge in [0.2, 0.25) is 5.91 Å². The van der Waals surface area contributed by atoms with Crippen LogP contribution in [0.15, 0.2) is 0 Å². The standard InChI is InChI=1S/C14H26N2O/c1-10(2)12-7-13(8-12)15-11(3)9-16-6-4-5-14(16)17/h10-13,15H,4-9H2,1-3H3. The molecule has 0 bridgehead atoms. The first kappa shape index (κ1) is 12.9. The highest BCUT2D eigenvalue weighted by Crippen LogP contribution is 2.33. The van der Waals surface area contributed by atoms with Gasteiger partial charge in [-0.1, -0.05) is 13.8 Å². The molecule has 1 unspecified atom stereocenters. The molecule has 1 aliphatic carbocycles. The summed E-state index contributed by atoms with van der Waals surface area (Å²) in [5.74, 6) is 2.07. The first-order valence-electron chi connectivity index (χ1n) is 7.10. The van der Waals surface area contributed by atoms with E-state index in [0.29, 0.717) is 18.0 Å². The number of hydrogen-bond donors (Lipinski definition) is 1. The normalized spacial score (nSPS) is 30.8. The van der Waals surface area contributed by atoms with Crippen LogP contribution in [0.5, 0.6) is 0 Å². The van der Waals surface area contributed by atoms with E-state index in [9.17, 15) is 4.79 Å². The van der Waals surface area contributed by atoms with Crippen LogP contribution in [-0.4, -0.2) is 36.0 Å². The van der Waals surface area contributed by atoms with Crippen LogP contribution in [0.4, 0.5) is 0 Å². The van der Waals surface area contributed by atoms with E-state index < -0.39 is 0 Å². The highest BCUT2D eigenvalue weighted by atomic mass is 16.2. The Morgan fingerprint density at radius 3 is 2.59 bits per heavy atom. The molecule has 2 rings (SSSR count). The summed E-state index contributed by atoms with van der Waals surface area (Å²) in [7, 11) is 0. The van der Waals surface area contributed by atoms with E-state index in [2.05, 4.69) is 26.1 Å². The van der Waals surface area contributed by atoms with Crippen molar-refractivity contribution in [2.75, 3.05) is 13.1 Å². The van der Waals surface area contributed by atoms with E-state index in [0.717, 1.165) is 37.8 Å². The maximum absolute atomic E-state index is 11.5. The number of hydrogen-bond acceptors (Lipinski definition) is 2. The van der Waals surface area contributed by atoms with Crippen LogP contribution in [0.3, 0.4) is 0 Å². The van der Waals surface area contributed by atoms with Crippen molar-refractivity contribution in [3.63, 3.8) is 0 Å². The predicted octanol–water partition coefficient (Wildman–Crippen LogP) is 2.02. The Morgan fingerprint density at radius 1 is 1.35 bits per heavy atom. The van der Waals surface area contributed by atoms with E-state index in [1.165, 1.54) is 12.8 Å². The first-order valence-corrected chi connectivity index (χ1v) is 7.10. The lowest BCUT2D eigenvalue weighted by Crippen LogP contribution is -2.50. The average Bonchev–Trinajstić information content (AvgIpc) is 2.57. The van der Waals surface area contributed by atoms with E-state index in [1.54, 1.807) is 0 Å². The molecule has 0 radical (unpaired) electrons. The minimum Gasteiger partial charge on any atom is -0.341 e. The van der Waals surface area contributed by atoms with Gasteiger partial charge in [-0.25, -0.2) is 0 Å². The minimum absolute atomic E-state index is 0.340. The van der Waals surface area contributed by atoms with Gasteiger partial charge < -0.3 is 10.2 Å². The Kier molecular flexibility index (Phi) is 4.08. The summed E-state index contributed by atoms with van der Waals surface area (Å²) in [4.78, 5) is 13.5. The largest absolute Gasteiger partial charge is 0.341 e. The molecule has 1 aliphatic heterocycles. The van der Waals surface area contributed by atoms with E-state index >= 15 is 0 Å². The van der Waals surface area contributed by atoms with Crippen LogP contribution in [0.1, 0.15) is 46.5 Å². The van der Waals surface area contributed by atoms with Gasteiger partial charge in [0, 0.05) is 31.6 Å². The van der Waals surface area contributed by atoms with Crippen molar-refractivity contribution in [1.82, 2.24) is 10.2 Å². The van der Waals surface area contributed by atoms with Crippen LogP contribution in [0.25, 0.3) is 0 Å². The molecule has 2 aliphatic rings. The second-order valence-electron chi connectivity index (χ2n) is 6.18. The number of carbonyl (C=O) groups is 1. The fraction of sp³-hybridized carbons (Fsp3) is 0.929. The Labute approximate surface area is 105 Å². The van der Waals surface area contributed by atoms with Gasteiger partial charge in [-0.15, -0.1) is 0 Å². The molecule has 1 heterocycles. The molecule has 17 heavy (non-hydrogen) atoms. The molecule has 0 aromatic rings. The van der Waals surface area contributed by atoms with Gasteiger partial charge in [0.15, 0.2) is 0 Å². The molecule has 1 atom stereocenters. The minimum atomic E-state index is 0.340. The highest BCUT2D eigenvalue weighted by molar-refractivity contribution is 5.78. The zero-order valence-corrected chi connectivity index (χ0v) is 11.4. The quantitative estimate of drug-likeness (QED) is 0.795. The second kappa shape index (κ2) is 5.38. The molecule has 98 valence electrons. The average molecular weight is 238 g/mol. The Balaban J connectivity index is 1.65. The van der Waals surface area contributed by atoms with Crippen LogP contribution >= 0.6 is 0 Å². The maximum Gasteiger partial charge on any atom is 0.222 e. The maximum atomic E-state index is 11.5. The molecule has 1 saturated carbocycles. The summed E-state index contributed by atoms with van der Waals surface area (Å²) in [6.07, 6.45) is 4.43. The van der Waals surface area contributed by atoms with Crippen LogP contribution in [0.2, 0.25) is 0 Å². The first-order chi connectivity index (χ1) is 8.06. The molecule has 1 N–H and O–H groups in total. The number of carbonyl (C=O) groups excluding carboxylic acids is 1. The van der Waals surface area contributed by atoms with Crippen molar-refractivity contribution in [2.45, 2.75) is 58.5 Å². The van der Waals surface area contributed by atoms with Gasteiger partial charge in [0.05, 0.1) is 0 Å². The van der Waals surface area contributed by atoms with Crippen molar-refractivity contribution >= 4 is 5.91 Å². The molecule has 0 spiro atoms. The predicted molar refractivity (Wildman–Crippen MR) is 69.8 cm³/mol. The summed E-state index contributed by atoms with van der Waals surface area (Å²) in [5, 5.41) is 3.65. The van der Waals surface area contributed by atoms with Gasteiger partial charge in [-0.2, -0.15) is 0 Å². The fourth-order valence-corrected chi connectivity index (χ4v) is 3.02. The zero-order valence-electron chi connectivity index (χ0n) is 11.4. The van der Waals surface area contributed by atoms with E-state index in [1.807, 2.05) is 4.90 Å². The third kappa shape index (κ3) is 3.21. The molecule has 0 aromatic heterocycles. The second-order valence-corrected chi connectivity index (χ2v) is 6.18. The van der Waals surface area contributed by atoms with Crippen molar-refractivity contribution in [2.24, 2.45) is 11.8 Å². The molecule has 1 amide bonds. The lowest BCUT2D eigenvalue weighted by Gasteiger charge is -2.40. The lowest BCUT2D eigenvalue weighted by atomic mass is 9.73. The third-order valence-electron chi connectivity index (χ3n) is 4.30. The van der Waals surface area contributed by atoms with Crippen LogP contribution < -0.4 is 5.32 Å². The number of nitrogens with one attached hydrogen (secondary N) is 1. The Hall–Kier alpha value is -0.570. The number of amides is 1. The van der Waals surface area contributed by atoms with Crippen molar-refractivity contribution in [1.29, 1.82) is 0 Å². The molecule has 3 nitrogen and oxygen atoms in total. The summed E-state index contributed by atoms with van der Waals surface area (Å²) >= 11 is 0. The van der Waals surface area contributed by atoms with Gasteiger partial charge in [0.1, 0.15) is 0 Å². The SMILES string of the molecule is CC(CN1CCCC1=O)NC1CC(C(C)C)C1. The molecule has 3 heteroatoms. The van der Waals surface area contributed by atoms with Crippen molar-refractivity contribution < 1.29 is 4.79 Å². The highest BCUT2D eigenvalue weighted by Gasteiger charge is 2.32. The smallest absolute Gasteiger partial charge is 0.222 e. The monoisotopic (exact) mass is 238 g/mol. The summed E-state index contributed by atoms with van der Waals surface area (Å²) < 4.78 is 0. The summed E-state index contributed by atoms with van der Waals surface area (Å²) in [5.41, 5.74) is 0. The molecular weight excluding hydrogens is 212 g/mol. The van der Waals surface area contributed by atoms with Gasteiger partial charge in [-0.3, -0.25) is 4.79 Å². The third-order valence-corrected chi connectivity index (χ3v) is 4.30. The molecule has 1 saturated heterocycles. The lowest BCUT2D eigenvalue weighted by molar-refractivity contribution is -0.128. The van der Waals surface area contributed by atoms with Crippen LogP contribution in [0, 0.1) is 11.8 Å². The summed E-state index contributed by atoms with van der Waals surface area (Å²) in [6, 6.07) is 1.13. The van der Waals surface area contributed by atoms with Gasteiger partial charge >= 0.3 is 0 Å². The fourth-order valence-electron chi connectivity index (χ4n) is 3.02. The van der Waals surface area contributed by atoms with Gasteiger partial charge in [-0.05, 0) is 38.0 Å². The molecule has 2 fully saturated rings. The number of nitrogens with zero attached hydrogens (tertiary/aromatic N) is 1.